The Morgan fingerprint density at radius 1 is 1.31 bits per heavy atom. The van der Waals surface area contributed by atoms with Crippen LogP contribution in [0.4, 0.5) is 5.82 Å². The lowest BCUT2D eigenvalue weighted by Crippen LogP contribution is -2.55. The van der Waals surface area contributed by atoms with Crippen molar-refractivity contribution in [2.75, 3.05) is 44.7 Å². The first-order valence-corrected chi connectivity index (χ1v) is 14.9. The first-order chi connectivity index (χ1) is 20.4. The number of nitriles is 1. The Kier molecular flexibility index (Phi) is 8.03. The number of aromatic amines is 1. The number of hydrogen-bond donors (Lipinski definition) is 2. The van der Waals surface area contributed by atoms with Crippen molar-refractivity contribution >= 4 is 34.2 Å². The van der Waals surface area contributed by atoms with Crippen molar-refractivity contribution in [3.8, 4) is 12.1 Å². The van der Waals surface area contributed by atoms with E-state index in [0.717, 1.165) is 63.5 Å². The van der Waals surface area contributed by atoms with Gasteiger partial charge in [-0.15, -0.1) is 0 Å². The molecule has 1 aromatic carbocycles. The molecular formula is C30H36ClN9O2. The molecule has 1 amide bonds. The van der Waals surface area contributed by atoms with Crippen molar-refractivity contribution in [1.82, 2.24) is 35.3 Å². The van der Waals surface area contributed by atoms with Crippen molar-refractivity contribution in [1.29, 1.82) is 5.26 Å². The van der Waals surface area contributed by atoms with Crippen LogP contribution in [0.25, 0.3) is 10.9 Å². The Balaban J connectivity index is 1.35. The van der Waals surface area contributed by atoms with Crippen LogP contribution < -0.4 is 15.0 Å². The summed E-state index contributed by atoms with van der Waals surface area (Å²) in [6.45, 7) is 9.32. The third-order valence-electron chi connectivity index (χ3n) is 8.87. The number of amides is 1. The summed E-state index contributed by atoms with van der Waals surface area (Å²) in [5.41, 5.74) is 4.85. The number of halogens is 1. The predicted molar refractivity (Wildman–Crippen MR) is 160 cm³/mol. The number of anilines is 1. The number of H-pyrrole nitrogens is 1. The minimum atomic E-state index is -0.263. The number of aromatic nitrogens is 4. The zero-order chi connectivity index (χ0) is 29.4. The molecule has 2 aromatic heterocycles. The molecule has 220 valence electrons. The number of nitrogens with one attached hydrogen (secondary N) is 2. The van der Waals surface area contributed by atoms with Crippen LogP contribution in [-0.4, -0.2) is 87.8 Å². The number of ether oxygens (including phenoxy) is 1. The molecule has 6 rings (SSSR count). The minimum absolute atomic E-state index is 0.0741. The fraction of sp³-hybridized carbons (Fsp3) is 0.500. The van der Waals surface area contributed by atoms with Gasteiger partial charge in [0.15, 0.2) is 0 Å². The summed E-state index contributed by atoms with van der Waals surface area (Å²) < 4.78 is 6.27. The van der Waals surface area contributed by atoms with E-state index in [1.807, 2.05) is 19.2 Å². The van der Waals surface area contributed by atoms with Crippen LogP contribution in [0.2, 0.25) is 5.02 Å². The van der Waals surface area contributed by atoms with Gasteiger partial charge in [0.1, 0.15) is 12.4 Å². The number of fused-ring (bicyclic) bond motifs is 2. The zero-order valence-corrected chi connectivity index (χ0v) is 24.8. The SMILES string of the molecule is C=CC(=O)N1CCN(c2nc(OC[C@@H]3CCCN3C)nc3c2CNC(c2c(Cl)c(C)cc4[nH]ncc24)C3)C[C@@H]1CC#N. The number of nitrogens with zero attached hydrogens (tertiary/aromatic N) is 7. The molecule has 2 fully saturated rings. The van der Waals surface area contributed by atoms with Gasteiger partial charge in [-0.25, -0.2) is 0 Å². The van der Waals surface area contributed by atoms with Crippen LogP contribution in [0, 0.1) is 18.3 Å². The number of carbonyl (C=O) groups excluding carboxylic acids is 1. The summed E-state index contributed by atoms with van der Waals surface area (Å²) in [4.78, 5) is 28.6. The second-order valence-electron chi connectivity index (χ2n) is 11.4. The van der Waals surface area contributed by atoms with E-state index in [2.05, 4.69) is 45.0 Å². The summed E-state index contributed by atoms with van der Waals surface area (Å²) in [5.74, 6) is 0.632. The van der Waals surface area contributed by atoms with Crippen molar-refractivity contribution in [3.63, 3.8) is 0 Å². The average molecular weight is 590 g/mol. The van der Waals surface area contributed by atoms with Crippen molar-refractivity contribution in [3.05, 3.63) is 52.3 Å². The average Bonchev–Trinajstić information content (AvgIpc) is 3.63. The number of likely N-dealkylation sites (tertiary alicyclic amines) is 1. The summed E-state index contributed by atoms with van der Waals surface area (Å²) in [7, 11) is 2.12. The van der Waals surface area contributed by atoms with E-state index in [1.165, 1.54) is 6.08 Å². The first kappa shape index (κ1) is 28.4. The van der Waals surface area contributed by atoms with E-state index in [-0.39, 0.29) is 24.4 Å². The lowest BCUT2D eigenvalue weighted by Gasteiger charge is -2.42. The van der Waals surface area contributed by atoms with Crippen LogP contribution in [0.15, 0.2) is 24.9 Å². The highest BCUT2D eigenvalue weighted by atomic mass is 35.5. The van der Waals surface area contributed by atoms with Crippen molar-refractivity contribution < 1.29 is 9.53 Å². The van der Waals surface area contributed by atoms with Crippen LogP contribution in [0.1, 0.15) is 47.7 Å². The van der Waals surface area contributed by atoms with Crippen LogP contribution in [0.5, 0.6) is 6.01 Å². The molecule has 2 N–H and O–H groups in total. The molecular weight excluding hydrogens is 554 g/mol. The van der Waals surface area contributed by atoms with E-state index in [0.29, 0.717) is 51.3 Å². The number of carbonyl (C=O) groups is 1. The number of hydrogen-bond acceptors (Lipinski definition) is 9. The largest absolute Gasteiger partial charge is 0.462 e. The van der Waals surface area contributed by atoms with Crippen molar-refractivity contribution in [2.45, 2.75) is 57.3 Å². The Labute approximate surface area is 250 Å². The molecule has 11 nitrogen and oxygen atoms in total. The molecule has 12 heteroatoms. The van der Waals surface area contributed by atoms with E-state index in [4.69, 9.17) is 26.3 Å². The molecule has 0 saturated carbocycles. The molecule has 3 aliphatic heterocycles. The number of piperazine rings is 1. The van der Waals surface area contributed by atoms with Crippen LogP contribution >= 0.6 is 11.6 Å². The van der Waals surface area contributed by atoms with Gasteiger partial charge in [-0.05, 0) is 56.6 Å². The fourth-order valence-corrected chi connectivity index (χ4v) is 6.82. The first-order valence-electron chi connectivity index (χ1n) is 14.5. The van der Waals surface area contributed by atoms with E-state index in [1.54, 1.807) is 4.90 Å². The molecule has 2 saturated heterocycles. The lowest BCUT2D eigenvalue weighted by atomic mass is 9.92. The number of aryl methyl sites for hydroxylation is 1. The van der Waals surface area contributed by atoms with Gasteiger partial charge in [-0.2, -0.15) is 20.3 Å². The molecule has 3 atom stereocenters. The minimum Gasteiger partial charge on any atom is -0.462 e. The van der Waals surface area contributed by atoms with Gasteiger partial charge in [0.25, 0.3) is 0 Å². The number of benzene rings is 1. The predicted octanol–water partition coefficient (Wildman–Crippen LogP) is 3.29. The monoisotopic (exact) mass is 589 g/mol. The number of rotatable bonds is 7. The van der Waals surface area contributed by atoms with Gasteiger partial charge in [0, 0.05) is 60.7 Å². The zero-order valence-electron chi connectivity index (χ0n) is 24.1. The summed E-state index contributed by atoms with van der Waals surface area (Å²) in [5, 5.41) is 22.2. The van der Waals surface area contributed by atoms with Gasteiger partial charge < -0.3 is 24.8 Å². The highest BCUT2D eigenvalue weighted by Gasteiger charge is 2.34. The summed E-state index contributed by atoms with van der Waals surface area (Å²) in [6, 6.07) is 4.61. The van der Waals surface area contributed by atoms with Gasteiger partial charge in [0.2, 0.25) is 5.91 Å². The standard InChI is InChI=1S/C30H36ClN9O2/c1-4-26(41)40-11-10-39(16-19(40)7-8-32)29-22-14-33-25(27-21-15-34-37-24(21)12-18(2)28(27)31)13-23(22)35-30(36-29)42-17-20-6-5-9-38(20)3/h4,12,15,19-20,25,33H,1,5-7,9-11,13-14,16-17H2,2-3H3,(H,34,37)/t19-,20-,25?/m0/s1. The maximum atomic E-state index is 12.5. The van der Waals surface area contributed by atoms with Crippen molar-refractivity contribution in [2.24, 2.45) is 0 Å². The molecule has 0 bridgehead atoms. The van der Waals surface area contributed by atoms with Crippen LogP contribution in [-0.2, 0) is 17.8 Å². The maximum Gasteiger partial charge on any atom is 0.318 e. The van der Waals surface area contributed by atoms with E-state index in [9.17, 15) is 10.1 Å². The van der Waals surface area contributed by atoms with Crippen LogP contribution in [0.3, 0.4) is 0 Å². The molecule has 3 aliphatic rings. The van der Waals surface area contributed by atoms with Gasteiger partial charge in [-0.1, -0.05) is 18.2 Å². The van der Waals surface area contributed by atoms with Gasteiger partial charge in [-0.3, -0.25) is 9.89 Å². The maximum absolute atomic E-state index is 12.5. The fourth-order valence-electron chi connectivity index (χ4n) is 6.53. The van der Waals surface area contributed by atoms with Gasteiger partial charge in [0.05, 0.1) is 35.9 Å². The number of likely N-dealkylation sites (N-methyl/N-ethyl adjacent to an activating group) is 1. The normalized spacial score (nSPS) is 22.7. The highest BCUT2D eigenvalue weighted by Crippen LogP contribution is 2.39. The van der Waals surface area contributed by atoms with Gasteiger partial charge >= 0.3 is 6.01 Å². The summed E-state index contributed by atoms with van der Waals surface area (Å²) >= 11 is 6.89. The molecule has 0 spiro atoms. The summed E-state index contributed by atoms with van der Waals surface area (Å²) in [6.07, 6.45) is 6.21. The second kappa shape index (κ2) is 11.9. The molecule has 5 heterocycles. The second-order valence-corrected chi connectivity index (χ2v) is 11.8. The third-order valence-corrected chi connectivity index (χ3v) is 9.37. The topological polar surface area (TPSA) is 126 Å². The van der Waals surface area contributed by atoms with E-state index < -0.39 is 0 Å². The Hall–Kier alpha value is -3.72. The van der Waals surface area contributed by atoms with E-state index >= 15 is 0 Å². The Morgan fingerprint density at radius 2 is 2.17 bits per heavy atom. The quantitative estimate of drug-likeness (QED) is 0.399. The molecule has 0 aliphatic carbocycles. The molecule has 0 radical (unpaired) electrons. The Morgan fingerprint density at radius 3 is 2.93 bits per heavy atom. The molecule has 42 heavy (non-hydrogen) atoms. The molecule has 3 aromatic rings. The third kappa shape index (κ3) is 5.30. The highest BCUT2D eigenvalue weighted by molar-refractivity contribution is 6.33. The smallest absolute Gasteiger partial charge is 0.318 e. The Bertz CT molecular complexity index is 1550. The lowest BCUT2D eigenvalue weighted by molar-refractivity contribution is -0.128. The molecule has 1 unspecified atom stereocenters.